The fraction of sp³-hybridized carbons (Fsp3) is 0.154. The summed E-state index contributed by atoms with van der Waals surface area (Å²) in [5, 5.41) is 2.86. The predicted molar refractivity (Wildman–Crippen MR) is 80.3 cm³/mol. The molecule has 5 heteroatoms. The molecule has 18 heavy (non-hydrogen) atoms. The minimum absolute atomic E-state index is 0.124. The third-order valence-electron chi connectivity index (χ3n) is 2.60. The molecule has 0 atom stereocenters. The van der Waals surface area contributed by atoms with Crippen molar-refractivity contribution in [3.8, 4) is 0 Å². The van der Waals surface area contributed by atoms with Crippen LogP contribution < -0.4 is 11.1 Å². The van der Waals surface area contributed by atoms with Gasteiger partial charge in [-0.1, -0.05) is 15.9 Å². The highest BCUT2D eigenvalue weighted by Crippen LogP contribution is 2.25. The highest BCUT2D eigenvalue weighted by molar-refractivity contribution is 9.10. The molecule has 2 rings (SSSR count). The summed E-state index contributed by atoms with van der Waals surface area (Å²) in [6.07, 6.45) is 0. The van der Waals surface area contributed by atoms with Gasteiger partial charge in [-0.15, -0.1) is 11.3 Å². The van der Waals surface area contributed by atoms with Crippen molar-refractivity contribution in [1.82, 2.24) is 0 Å². The first-order chi connectivity index (χ1) is 8.47. The smallest absolute Gasteiger partial charge is 0.265 e. The highest BCUT2D eigenvalue weighted by atomic mass is 79.9. The predicted octanol–water partition coefficient (Wildman–Crippen LogP) is 3.96. The van der Waals surface area contributed by atoms with E-state index in [4.69, 9.17) is 5.73 Å². The van der Waals surface area contributed by atoms with Gasteiger partial charge in [-0.3, -0.25) is 4.79 Å². The Bertz CT molecular complexity index is 588. The van der Waals surface area contributed by atoms with Gasteiger partial charge < -0.3 is 11.1 Å². The lowest BCUT2D eigenvalue weighted by atomic mass is 10.2. The Balaban J connectivity index is 2.18. The van der Waals surface area contributed by atoms with Gasteiger partial charge in [0.15, 0.2) is 0 Å². The average Bonchev–Trinajstić information content (AvgIpc) is 2.65. The molecule has 0 aliphatic rings. The van der Waals surface area contributed by atoms with Crippen molar-refractivity contribution in [3.05, 3.63) is 44.1 Å². The second-order valence-electron chi connectivity index (χ2n) is 4.04. The fourth-order valence-electron chi connectivity index (χ4n) is 1.52. The number of carbonyl (C=O) groups excluding carboxylic acids is 1. The van der Waals surface area contributed by atoms with E-state index < -0.39 is 0 Å². The summed E-state index contributed by atoms with van der Waals surface area (Å²) in [6.45, 7) is 3.88. The largest absolute Gasteiger partial charge is 0.398 e. The first kappa shape index (κ1) is 13.1. The molecule has 3 nitrogen and oxygen atoms in total. The molecule has 0 unspecified atom stereocenters. The number of nitrogen functional groups attached to an aromatic ring is 1. The number of amides is 1. The van der Waals surface area contributed by atoms with Crippen LogP contribution in [0.3, 0.4) is 0 Å². The molecule has 1 aromatic heterocycles. The molecule has 1 amide bonds. The number of aryl methyl sites for hydroxylation is 2. The molecular formula is C13H13BrN2OS. The third-order valence-corrected chi connectivity index (χ3v) is 4.55. The zero-order valence-corrected chi connectivity index (χ0v) is 12.5. The van der Waals surface area contributed by atoms with E-state index in [2.05, 4.69) is 21.2 Å². The summed E-state index contributed by atoms with van der Waals surface area (Å²) in [5.74, 6) is -0.124. The number of hydrogen-bond acceptors (Lipinski definition) is 3. The van der Waals surface area contributed by atoms with Crippen molar-refractivity contribution in [1.29, 1.82) is 0 Å². The van der Waals surface area contributed by atoms with Crippen LogP contribution in [0.5, 0.6) is 0 Å². The van der Waals surface area contributed by atoms with E-state index in [0.717, 1.165) is 20.6 Å². The Labute approximate surface area is 118 Å². The molecule has 0 fully saturated rings. The maximum atomic E-state index is 12.0. The maximum Gasteiger partial charge on any atom is 0.265 e. The van der Waals surface area contributed by atoms with Gasteiger partial charge in [0.05, 0.1) is 4.88 Å². The van der Waals surface area contributed by atoms with Crippen molar-refractivity contribution in [2.75, 3.05) is 11.1 Å². The summed E-state index contributed by atoms with van der Waals surface area (Å²) in [5.41, 5.74) is 8.27. The summed E-state index contributed by atoms with van der Waals surface area (Å²) in [4.78, 5) is 13.6. The Kier molecular flexibility index (Phi) is 3.73. The molecule has 0 aliphatic heterocycles. The molecule has 2 aromatic rings. The quantitative estimate of drug-likeness (QED) is 0.878. The van der Waals surface area contributed by atoms with Gasteiger partial charge in [-0.25, -0.2) is 0 Å². The number of carbonyl (C=O) groups is 1. The molecule has 1 heterocycles. The number of benzene rings is 1. The van der Waals surface area contributed by atoms with Crippen molar-refractivity contribution < 1.29 is 4.79 Å². The normalized spacial score (nSPS) is 10.4. The Morgan fingerprint density at radius 1 is 1.33 bits per heavy atom. The van der Waals surface area contributed by atoms with Crippen LogP contribution in [0.4, 0.5) is 11.4 Å². The van der Waals surface area contributed by atoms with E-state index in [1.807, 2.05) is 32.0 Å². The van der Waals surface area contributed by atoms with Gasteiger partial charge >= 0.3 is 0 Å². The standard InChI is InChI=1S/C13H13BrN2OS/c1-7-5-9(3-4-10(7)14)16-13(17)12-6-11(15)8(2)18-12/h3-6H,15H2,1-2H3,(H,16,17). The average molecular weight is 325 g/mol. The van der Waals surface area contributed by atoms with Gasteiger partial charge in [0.2, 0.25) is 0 Å². The number of anilines is 2. The lowest BCUT2D eigenvalue weighted by molar-refractivity contribution is 0.103. The molecule has 0 aliphatic carbocycles. The maximum absolute atomic E-state index is 12.0. The SMILES string of the molecule is Cc1cc(NC(=O)c2cc(N)c(C)s2)ccc1Br. The van der Waals surface area contributed by atoms with E-state index in [9.17, 15) is 4.79 Å². The molecular weight excluding hydrogens is 312 g/mol. The molecule has 3 N–H and O–H groups in total. The fourth-order valence-corrected chi connectivity index (χ4v) is 2.61. The van der Waals surface area contributed by atoms with E-state index in [1.54, 1.807) is 6.07 Å². The van der Waals surface area contributed by atoms with Crippen molar-refractivity contribution in [2.45, 2.75) is 13.8 Å². The van der Waals surface area contributed by atoms with Crippen LogP contribution in [0, 0.1) is 13.8 Å². The minimum atomic E-state index is -0.124. The summed E-state index contributed by atoms with van der Waals surface area (Å²) >= 11 is 4.83. The second kappa shape index (κ2) is 5.12. The molecule has 0 saturated carbocycles. The van der Waals surface area contributed by atoms with Crippen molar-refractivity contribution in [2.24, 2.45) is 0 Å². The molecule has 94 valence electrons. The van der Waals surface area contributed by atoms with Gasteiger partial charge in [0, 0.05) is 20.7 Å². The number of nitrogens with one attached hydrogen (secondary N) is 1. The number of rotatable bonds is 2. The molecule has 0 spiro atoms. The van der Waals surface area contributed by atoms with E-state index in [0.29, 0.717) is 10.6 Å². The van der Waals surface area contributed by atoms with Gasteiger partial charge in [-0.2, -0.15) is 0 Å². The van der Waals surface area contributed by atoms with E-state index in [-0.39, 0.29) is 5.91 Å². The minimum Gasteiger partial charge on any atom is -0.398 e. The summed E-state index contributed by atoms with van der Waals surface area (Å²) in [6, 6.07) is 7.41. The number of thiophene rings is 1. The number of halogens is 1. The Morgan fingerprint density at radius 2 is 2.06 bits per heavy atom. The van der Waals surface area contributed by atoms with Crippen LogP contribution in [0.1, 0.15) is 20.1 Å². The van der Waals surface area contributed by atoms with Crippen molar-refractivity contribution in [3.63, 3.8) is 0 Å². The second-order valence-corrected chi connectivity index (χ2v) is 6.15. The Hall–Kier alpha value is -1.33. The summed E-state index contributed by atoms with van der Waals surface area (Å²) < 4.78 is 1.02. The monoisotopic (exact) mass is 324 g/mol. The third kappa shape index (κ3) is 2.73. The van der Waals surface area contributed by atoms with Crippen LogP contribution in [-0.4, -0.2) is 5.91 Å². The summed E-state index contributed by atoms with van der Waals surface area (Å²) in [7, 11) is 0. The molecule has 0 saturated heterocycles. The zero-order valence-electron chi connectivity index (χ0n) is 10.1. The van der Waals surface area contributed by atoms with Crippen LogP contribution >= 0.6 is 27.3 Å². The highest BCUT2D eigenvalue weighted by Gasteiger charge is 2.11. The van der Waals surface area contributed by atoms with Gasteiger partial charge in [-0.05, 0) is 43.7 Å². The lowest BCUT2D eigenvalue weighted by Crippen LogP contribution is -2.10. The first-order valence-corrected chi connectivity index (χ1v) is 7.01. The molecule has 1 aromatic carbocycles. The van der Waals surface area contributed by atoms with Crippen LogP contribution in [0.15, 0.2) is 28.7 Å². The van der Waals surface area contributed by atoms with Crippen molar-refractivity contribution >= 4 is 44.5 Å². The van der Waals surface area contributed by atoms with E-state index in [1.165, 1.54) is 11.3 Å². The van der Waals surface area contributed by atoms with Gasteiger partial charge in [0.1, 0.15) is 0 Å². The molecule has 0 radical (unpaired) electrons. The number of hydrogen-bond donors (Lipinski definition) is 2. The van der Waals surface area contributed by atoms with Gasteiger partial charge in [0.25, 0.3) is 5.91 Å². The lowest BCUT2D eigenvalue weighted by Gasteiger charge is -2.05. The van der Waals surface area contributed by atoms with E-state index >= 15 is 0 Å². The Morgan fingerprint density at radius 3 is 2.61 bits per heavy atom. The number of nitrogens with two attached hydrogens (primary N) is 1. The van der Waals surface area contributed by atoms with Crippen LogP contribution in [0.25, 0.3) is 0 Å². The zero-order chi connectivity index (χ0) is 13.3. The molecule has 0 bridgehead atoms. The first-order valence-electron chi connectivity index (χ1n) is 5.41. The van der Waals surface area contributed by atoms with Crippen LogP contribution in [0.2, 0.25) is 0 Å². The van der Waals surface area contributed by atoms with Crippen LogP contribution in [-0.2, 0) is 0 Å². The topological polar surface area (TPSA) is 55.1 Å².